The predicted molar refractivity (Wildman–Crippen MR) is 158 cm³/mol. The third kappa shape index (κ3) is 7.91. The minimum absolute atomic E-state index is 0.0273. The number of benzene rings is 3. The Hall–Kier alpha value is -3.24. The van der Waals surface area contributed by atoms with E-state index in [1.54, 1.807) is 0 Å². The fourth-order valence-electron chi connectivity index (χ4n) is 5.00. The molecular formula is C30H33BrFN3O4S. The van der Waals surface area contributed by atoms with Crippen molar-refractivity contribution in [2.75, 3.05) is 17.1 Å². The van der Waals surface area contributed by atoms with Gasteiger partial charge in [0.2, 0.25) is 21.8 Å². The van der Waals surface area contributed by atoms with Crippen molar-refractivity contribution in [3.63, 3.8) is 0 Å². The minimum Gasteiger partial charge on any atom is -0.352 e. The summed E-state index contributed by atoms with van der Waals surface area (Å²) in [7, 11) is -4.03. The van der Waals surface area contributed by atoms with Crippen LogP contribution in [0.1, 0.15) is 36.8 Å². The molecule has 0 bridgehead atoms. The van der Waals surface area contributed by atoms with Gasteiger partial charge in [-0.1, -0.05) is 83.4 Å². The predicted octanol–water partition coefficient (Wildman–Crippen LogP) is 5.05. The van der Waals surface area contributed by atoms with Crippen molar-refractivity contribution in [2.24, 2.45) is 0 Å². The van der Waals surface area contributed by atoms with Gasteiger partial charge in [0.15, 0.2) is 0 Å². The number of nitrogens with one attached hydrogen (secondary N) is 1. The van der Waals surface area contributed by atoms with E-state index in [4.69, 9.17) is 0 Å². The maximum absolute atomic E-state index is 14.7. The number of rotatable bonds is 11. The van der Waals surface area contributed by atoms with E-state index in [1.165, 1.54) is 23.1 Å². The molecule has 0 aromatic heterocycles. The second kappa shape index (κ2) is 13.4. The molecule has 1 N–H and O–H groups in total. The van der Waals surface area contributed by atoms with Gasteiger partial charge in [-0.2, -0.15) is 0 Å². The first-order valence-electron chi connectivity index (χ1n) is 13.2. The topological polar surface area (TPSA) is 86.8 Å². The minimum atomic E-state index is -4.03. The number of halogens is 2. The molecule has 10 heteroatoms. The third-order valence-electron chi connectivity index (χ3n) is 7.01. The summed E-state index contributed by atoms with van der Waals surface area (Å²) < 4.78 is 41.8. The highest BCUT2D eigenvalue weighted by atomic mass is 79.9. The average Bonchev–Trinajstić information content (AvgIpc) is 3.43. The number of para-hydroxylation sites is 1. The highest BCUT2D eigenvalue weighted by molar-refractivity contribution is 9.10. The van der Waals surface area contributed by atoms with Crippen LogP contribution in [-0.4, -0.2) is 50.0 Å². The van der Waals surface area contributed by atoms with E-state index in [-0.39, 0.29) is 30.6 Å². The SMILES string of the molecule is CS(=O)(=O)N(CC(=O)N(Cc1cccc(Br)c1)[C@H](Cc1ccccc1)C(=O)NC1CCCC1)c1ccccc1F. The van der Waals surface area contributed by atoms with Crippen LogP contribution in [-0.2, 0) is 32.6 Å². The van der Waals surface area contributed by atoms with E-state index >= 15 is 0 Å². The zero-order chi connectivity index (χ0) is 28.7. The molecule has 3 aromatic carbocycles. The van der Waals surface area contributed by atoms with Gasteiger partial charge in [-0.3, -0.25) is 13.9 Å². The maximum Gasteiger partial charge on any atom is 0.244 e. The lowest BCUT2D eigenvalue weighted by Gasteiger charge is -2.34. The standard InChI is InChI=1S/C30H33BrFN3O4S/c1-40(38,39)35(27-17-8-7-16-26(27)32)21-29(36)34(20-23-12-9-13-24(31)18-23)28(19-22-10-3-2-4-11-22)30(37)33-25-14-5-6-15-25/h2-4,7-13,16-18,25,28H,5-6,14-15,19-21H2,1H3,(H,33,37)/t28-/m1/s1. The molecule has 1 fully saturated rings. The molecule has 1 aliphatic carbocycles. The fourth-order valence-corrected chi connectivity index (χ4v) is 6.30. The number of carbonyl (C=O) groups excluding carboxylic acids is 2. The van der Waals surface area contributed by atoms with Crippen LogP contribution in [0.2, 0.25) is 0 Å². The molecule has 3 aromatic rings. The number of hydrogen-bond acceptors (Lipinski definition) is 4. The normalized spacial score (nSPS) is 14.5. The van der Waals surface area contributed by atoms with Crippen LogP contribution in [0.15, 0.2) is 83.3 Å². The molecule has 7 nitrogen and oxygen atoms in total. The zero-order valence-electron chi connectivity index (χ0n) is 22.3. The Labute approximate surface area is 243 Å². The molecule has 2 amide bonds. The molecular weight excluding hydrogens is 597 g/mol. The maximum atomic E-state index is 14.7. The Kier molecular flexibility index (Phi) is 9.97. The first kappa shape index (κ1) is 29.7. The van der Waals surface area contributed by atoms with E-state index in [2.05, 4.69) is 21.2 Å². The summed E-state index contributed by atoms with van der Waals surface area (Å²) in [5.74, 6) is -1.67. The number of anilines is 1. The molecule has 1 aliphatic rings. The van der Waals surface area contributed by atoms with E-state index < -0.39 is 34.3 Å². The van der Waals surface area contributed by atoms with Crippen LogP contribution in [0, 0.1) is 5.82 Å². The van der Waals surface area contributed by atoms with Crippen molar-refractivity contribution < 1.29 is 22.4 Å². The molecule has 0 heterocycles. The molecule has 0 saturated heterocycles. The lowest BCUT2D eigenvalue weighted by Crippen LogP contribution is -2.54. The smallest absolute Gasteiger partial charge is 0.244 e. The Morgan fingerprint density at radius 2 is 1.62 bits per heavy atom. The molecule has 4 rings (SSSR count). The summed E-state index contributed by atoms with van der Waals surface area (Å²) in [6, 6.07) is 21.3. The zero-order valence-corrected chi connectivity index (χ0v) is 24.7. The summed E-state index contributed by atoms with van der Waals surface area (Å²) >= 11 is 3.46. The summed E-state index contributed by atoms with van der Waals surface area (Å²) in [6.45, 7) is -0.599. The molecule has 1 atom stereocenters. The van der Waals surface area contributed by atoms with Crippen LogP contribution in [0.4, 0.5) is 10.1 Å². The van der Waals surface area contributed by atoms with Gasteiger partial charge in [-0.25, -0.2) is 12.8 Å². The third-order valence-corrected chi connectivity index (χ3v) is 8.63. The lowest BCUT2D eigenvalue weighted by atomic mass is 10.0. The quantitative estimate of drug-likeness (QED) is 0.321. The second-order valence-corrected chi connectivity index (χ2v) is 12.9. The number of hydrogen-bond donors (Lipinski definition) is 1. The van der Waals surface area contributed by atoms with E-state index in [9.17, 15) is 22.4 Å². The van der Waals surface area contributed by atoms with E-state index in [1.807, 2.05) is 54.6 Å². The second-order valence-electron chi connectivity index (χ2n) is 10.1. The number of amides is 2. The Balaban J connectivity index is 1.73. The highest BCUT2D eigenvalue weighted by Gasteiger charge is 2.34. The summed E-state index contributed by atoms with van der Waals surface area (Å²) in [6.07, 6.45) is 4.97. The van der Waals surface area contributed by atoms with Crippen molar-refractivity contribution in [3.8, 4) is 0 Å². The van der Waals surface area contributed by atoms with Gasteiger partial charge in [0.05, 0.1) is 11.9 Å². The Morgan fingerprint density at radius 1 is 0.975 bits per heavy atom. The molecule has 0 unspecified atom stereocenters. The van der Waals surface area contributed by atoms with Gasteiger partial charge in [-0.05, 0) is 48.2 Å². The van der Waals surface area contributed by atoms with Crippen LogP contribution >= 0.6 is 15.9 Å². The van der Waals surface area contributed by atoms with Gasteiger partial charge in [0.1, 0.15) is 18.4 Å². The summed E-state index contributed by atoms with van der Waals surface area (Å²) in [4.78, 5) is 29.3. The number of sulfonamides is 1. The molecule has 212 valence electrons. The van der Waals surface area contributed by atoms with Gasteiger partial charge in [0, 0.05) is 23.5 Å². The van der Waals surface area contributed by atoms with E-state index in [0.717, 1.165) is 57.9 Å². The number of carbonyl (C=O) groups is 2. The average molecular weight is 631 g/mol. The van der Waals surface area contributed by atoms with Crippen LogP contribution in [0.3, 0.4) is 0 Å². The van der Waals surface area contributed by atoms with Crippen molar-refractivity contribution in [3.05, 3.63) is 100 Å². The van der Waals surface area contributed by atoms with Gasteiger partial charge in [0.25, 0.3) is 0 Å². The van der Waals surface area contributed by atoms with Gasteiger partial charge < -0.3 is 10.2 Å². The van der Waals surface area contributed by atoms with Crippen LogP contribution < -0.4 is 9.62 Å². The van der Waals surface area contributed by atoms with Crippen LogP contribution in [0.25, 0.3) is 0 Å². The van der Waals surface area contributed by atoms with Crippen molar-refractivity contribution in [1.82, 2.24) is 10.2 Å². The first-order chi connectivity index (χ1) is 19.1. The van der Waals surface area contributed by atoms with Crippen molar-refractivity contribution in [1.29, 1.82) is 0 Å². The molecule has 0 spiro atoms. The van der Waals surface area contributed by atoms with Crippen molar-refractivity contribution >= 4 is 43.5 Å². The Bertz CT molecular complexity index is 1430. The summed E-state index contributed by atoms with van der Waals surface area (Å²) in [5.41, 5.74) is 1.39. The number of nitrogens with zero attached hydrogens (tertiary/aromatic N) is 2. The molecule has 1 saturated carbocycles. The van der Waals surface area contributed by atoms with Gasteiger partial charge in [-0.15, -0.1) is 0 Å². The summed E-state index contributed by atoms with van der Waals surface area (Å²) in [5, 5.41) is 3.12. The molecule has 40 heavy (non-hydrogen) atoms. The van der Waals surface area contributed by atoms with Crippen molar-refractivity contribution in [2.45, 2.75) is 50.7 Å². The first-order valence-corrected chi connectivity index (χ1v) is 15.9. The molecule has 0 radical (unpaired) electrons. The molecule has 0 aliphatic heterocycles. The highest BCUT2D eigenvalue weighted by Crippen LogP contribution is 2.24. The van der Waals surface area contributed by atoms with E-state index in [0.29, 0.717) is 0 Å². The largest absolute Gasteiger partial charge is 0.352 e. The van der Waals surface area contributed by atoms with Gasteiger partial charge >= 0.3 is 0 Å². The monoisotopic (exact) mass is 629 g/mol. The fraction of sp³-hybridized carbons (Fsp3) is 0.333. The van der Waals surface area contributed by atoms with Crippen LogP contribution in [0.5, 0.6) is 0 Å². The Morgan fingerprint density at radius 3 is 2.27 bits per heavy atom. The lowest BCUT2D eigenvalue weighted by molar-refractivity contribution is -0.140.